The van der Waals surface area contributed by atoms with Crippen molar-refractivity contribution in [2.24, 2.45) is 0 Å². The number of aliphatic hydroxyl groups excluding tert-OH is 2. The Kier molecular flexibility index (Phi) is 9.77. The molecule has 0 bridgehead atoms. The fourth-order valence-electron chi connectivity index (χ4n) is 0.849. The van der Waals surface area contributed by atoms with Gasteiger partial charge in [0.2, 0.25) is 0 Å². The topological polar surface area (TPSA) is 52.5 Å². The van der Waals surface area contributed by atoms with E-state index in [9.17, 15) is 0 Å². The van der Waals surface area contributed by atoms with Crippen LogP contribution in [-0.2, 0) is 0 Å². The van der Waals surface area contributed by atoms with Crippen molar-refractivity contribution in [3.63, 3.8) is 0 Å². The van der Waals surface area contributed by atoms with Gasteiger partial charge in [0.1, 0.15) is 0 Å². The summed E-state index contributed by atoms with van der Waals surface area (Å²) in [6, 6.07) is 0. The molecule has 0 aliphatic rings. The Labute approximate surface area is 68.4 Å². The van der Waals surface area contributed by atoms with Crippen molar-refractivity contribution in [1.29, 1.82) is 0 Å². The molecule has 0 saturated heterocycles. The third kappa shape index (κ3) is 9.88. The molecule has 0 rings (SSSR count). The van der Waals surface area contributed by atoms with Gasteiger partial charge in [0, 0.05) is 13.2 Å². The standard InChI is InChI=1S/C8H19NO2/c10-7-3-1-5-9-6-2-4-8-11/h9-11H,1-8H2. The van der Waals surface area contributed by atoms with E-state index < -0.39 is 0 Å². The summed E-state index contributed by atoms with van der Waals surface area (Å²) in [5, 5.41) is 20.1. The molecule has 0 aliphatic heterocycles. The van der Waals surface area contributed by atoms with E-state index in [4.69, 9.17) is 10.2 Å². The van der Waals surface area contributed by atoms with Gasteiger partial charge in [0.15, 0.2) is 0 Å². The van der Waals surface area contributed by atoms with Crippen LogP contribution in [0.3, 0.4) is 0 Å². The molecule has 0 radical (unpaired) electrons. The summed E-state index contributed by atoms with van der Waals surface area (Å²) in [5.74, 6) is 0. The lowest BCUT2D eigenvalue weighted by Crippen LogP contribution is -2.17. The molecule has 0 aliphatic carbocycles. The van der Waals surface area contributed by atoms with Gasteiger partial charge in [-0.05, 0) is 38.8 Å². The summed E-state index contributed by atoms with van der Waals surface area (Å²) in [6.45, 7) is 2.54. The molecule has 0 fully saturated rings. The molecule has 0 aromatic carbocycles. The van der Waals surface area contributed by atoms with Crippen molar-refractivity contribution >= 4 is 0 Å². The first-order valence-electron chi connectivity index (χ1n) is 4.34. The molecule has 68 valence electrons. The largest absolute Gasteiger partial charge is 0.396 e. The summed E-state index contributed by atoms with van der Waals surface area (Å²) in [4.78, 5) is 0. The predicted molar refractivity (Wildman–Crippen MR) is 45.5 cm³/mol. The highest BCUT2D eigenvalue weighted by molar-refractivity contribution is 4.48. The third-order valence-corrected chi connectivity index (χ3v) is 1.52. The minimum Gasteiger partial charge on any atom is -0.396 e. The highest BCUT2D eigenvalue weighted by Gasteiger charge is 1.87. The van der Waals surface area contributed by atoms with Crippen molar-refractivity contribution in [2.45, 2.75) is 25.7 Å². The van der Waals surface area contributed by atoms with Gasteiger partial charge < -0.3 is 15.5 Å². The van der Waals surface area contributed by atoms with Gasteiger partial charge in [-0.3, -0.25) is 0 Å². The van der Waals surface area contributed by atoms with Gasteiger partial charge in [-0.25, -0.2) is 0 Å². The van der Waals surface area contributed by atoms with E-state index in [2.05, 4.69) is 5.32 Å². The summed E-state index contributed by atoms with van der Waals surface area (Å²) in [5.41, 5.74) is 0. The van der Waals surface area contributed by atoms with Crippen LogP contribution in [0, 0.1) is 0 Å². The average Bonchev–Trinajstić information content (AvgIpc) is 2.03. The van der Waals surface area contributed by atoms with Crippen LogP contribution < -0.4 is 5.32 Å². The van der Waals surface area contributed by atoms with Crippen LogP contribution >= 0.6 is 0 Å². The minimum absolute atomic E-state index is 0.290. The molecule has 0 aromatic heterocycles. The number of nitrogens with one attached hydrogen (secondary N) is 1. The van der Waals surface area contributed by atoms with E-state index in [0.717, 1.165) is 38.8 Å². The molecule has 3 heteroatoms. The molecule has 0 heterocycles. The van der Waals surface area contributed by atoms with E-state index in [1.807, 2.05) is 0 Å². The smallest absolute Gasteiger partial charge is 0.0431 e. The normalized spacial score (nSPS) is 10.4. The van der Waals surface area contributed by atoms with Gasteiger partial charge in [0.05, 0.1) is 0 Å². The Hall–Kier alpha value is -0.120. The van der Waals surface area contributed by atoms with E-state index in [1.54, 1.807) is 0 Å². The maximum atomic E-state index is 8.45. The molecule has 0 spiro atoms. The molecule has 3 N–H and O–H groups in total. The van der Waals surface area contributed by atoms with E-state index in [-0.39, 0.29) is 0 Å². The first-order valence-corrected chi connectivity index (χ1v) is 4.34. The number of rotatable bonds is 8. The van der Waals surface area contributed by atoms with Gasteiger partial charge in [-0.15, -0.1) is 0 Å². The lowest BCUT2D eigenvalue weighted by Gasteiger charge is -2.01. The highest BCUT2D eigenvalue weighted by atomic mass is 16.3. The van der Waals surface area contributed by atoms with Crippen molar-refractivity contribution in [1.82, 2.24) is 5.32 Å². The Balaban J connectivity index is 2.69. The molecule has 0 saturated carbocycles. The molecule has 11 heavy (non-hydrogen) atoms. The number of unbranched alkanes of at least 4 members (excludes halogenated alkanes) is 2. The molecular formula is C8H19NO2. The maximum absolute atomic E-state index is 8.45. The predicted octanol–water partition coefficient (Wildman–Crippen LogP) is 0.121. The second kappa shape index (κ2) is 9.88. The zero-order valence-corrected chi connectivity index (χ0v) is 7.05. The first kappa shape index (κ1) is 10.9. The van der Waals surface area contributed by atoms with Crippen molar-refractivity contribution in [2.75, 3.05) is 26.3 Å². The van der Waals surface area contributed by atoms with Gasteiger partial charge in [0.25, 0.3) is 0 Å². The zero-order valence-electron chi connectivity index (χ0n) is 7.05. The van der Waals surface area contributed by atoms with E-state index in [0.29, 0.717) is 13.2 Å². The van der Waals surface area contributed by atoms with Gasteiger partial charge >= 0.3 is 0 Å². The second-order valence-electron chi connectivity index (χ2n) is 2.61. The summed E-state index contributed by atoms with van der Waals surface area (Å²) in [7, 11) is 0. The summed E-state index contributed by atoms with van der Waals surface area (Å²) < 4.78 is 0. The Morgan fingerprint density at radius 1 is 0.727 bits per heavy atom. The molecule has 0 amide bonds. The molecule has 0 aromatic rings. The molecular weight excluding hydrogens is 142 g/mol. The Morgan fingerprint density at radius 3 is 1.55 bits per heavy atom. The first-order chi connectivity index (χ1) is 5.41. The minimum atomic E-state index is 0.290. The monoisotopic (exact) mass is 161 g/mol. The number of hydrogen-bond donors (Lipinski definition) is 3. The quantitative estimate of drug-likeness (QED) is 0.443. The summed E-state index contributed by atoms with van der Waals surface area (Å²) in [6.07, 6.45) is 3.84. The lowest BCUT2D eigenvalue weighted by atomic mass is 10.3. The number of aliphatic hydroxyl groups is 2. The summed E-state index contributed by atoms with van der Waals surface area (Å²) >= 11 is 0. The van der Waals surface area contributed by atoms with Crippen LogP contribution in [0.15, 0.2) is 0 Å². The fourth-order valence-corrected chi connectivity index (χ4v) is 0.849. The van der Waals surface area contributed by atoms with Crippen LogP contribution in [0.4, 0.5) is 0 Å². The third-order valence-electron chi connectivity index (χ3n) is 1.52. The number of hydrogen-bond acceptors (Lipinski definition) is 3. The molecule has 0 atom stereocenters. The van der Waals surface area contributed by atoms with Gasteiger partial charge in [-0.1, -0.05) is 0 Å². The van der Waals surface area contributed by atoms with Crippen LogP contribution in [0.1, 0.15) is 25.7 Å². The maximum Gasteiger partial charge on any atom is 0.0431 e. The SMILES string of the molecule is OCCCCNCCCCO. The van der Waals surface area contributed by atoms with Crippen LogP contribution in [0.2, 0.25) is 0 Å². The van der Waals surface area contributed by atoms with Gasteiger partial charge in [-0.2, -0.15) is 0 Å². The van der Waals surface area contributed by atoms with E-state index in [1.165, 1.54) is 0 Å². The van der Waals surface area contributed by atoms with Crippen molar-refractivity contribution in [3.8, 4) is 0 Å². The van der Waals surface area contributed by atoms with Crippen molar-refractivity contribution in [3.05, 3.63) is 0 Å². The molecule has 3 nitrogen and oxygen atoms in total. The Morgan fingerprint density at radius 2 is 1.18 bits per heavy atom. The van der Waals surface area contributed by atoms with E-state index >= 15 is 0 Å². The fraction of sp³-hybridized carbons (Fsp3) is 1.00. The zero-order chi connectivity index (χ0) is 8.36. The Bertz CT molecular complexity index is 61.1. The second-order valence-corrected chi connectivity index (χ2v) is 2.61. The van der Waals surface area contributed by atoms with Crippen LogP contribution in [0.25, 0.3) is 0 Å². The highest BCUT2D eigenvalue weighted by Crippen LogP contribution is 1.86. The average molecular weight is 161 g/mol. The van der Waals surface area contributed by atoms with Crippen molar-refractivity contribution < 1.29 is 10.2 Å². The van der Waals surface area contributed by atoms with Crippen LogP contribution in [0.5, 0.6) is 0 Å². The lowest BCUT2D eigenvalue weighted by molar-refractivity contribution is 0.280. The van der Waals surface area contributed by atoms with Crippen LogP contribution in [-0.4, -0.2) is 36.5 Å². The molecule has 0 unspecified atom stereocenters.